The summed E-state index contributed by atoms with van der Waals surface area (Å²) in [4.78, 5) is 20.1. The summed E-state index contributed by atoms with van der Waals surface area (Å²) in [5.41, 5.74) is 4.41. The van der Waals surface area contributed by atoms with Gasteiger partial charge >= 0.3 is 0 Å². The third-order valence-electron chi connectivity index (χ3n) is 7.60. The Balaban J connectivity index is 1.25. The van der Waals surface area contributed by atoms with Crippen molar-refractivity contribution in [2.24, 2.45) is 0 Å². The molecule has 0 radical (unpaired) electrons. The standard InChI is InChI=1S/C33H37N3O3/c1-4-12-25-17-18-30(31(21-25)38-3)39-20-11-10-19-35-29-16-9-8-15-28(29)34-33(35)27-22-32(37)36(23-27)24(2)26-13-6-5-7-14-26/h4-9,13-18,21,24,27H,1,10-12,19-20,22-23H2,2-3H3. The topological polar surface area (TPSA) is 56.6 Å². The fourth-order valence-corrected chi connectivity index (χ4v) is 5.51. The van der Waals surface area contributed by atoms with Crippen LogP contribution < -0.4 is 9.47 Å². The fraction of sp³-hybridized carbons (Fsp3) is 0.333. The van der Waals surface area contributed by atoms with Crippen molar-refractivity contribution < 1.29 is 14.3 Å². The molecular weight excluding hydrogens is 486 g/mol. The number of imidazole rings is 1. The van der Waals surface area contributed by atoms with Gasteiger partial charge in [-0.1, -0.05) is 54.6 Å². The third kappa shape index (κ3) is 5.85. The van der Waals surface area contributed by atoms with E-state index in [1.807, 2.05) is 53.4 Å². The van der Waals surface area contributed by atoms with Crippen LogP contribution in [0.1, 0.15) is 55.1 Å². The average molecular weight is 524 g/mol. The Kier molecular flexibility index (Phi) is 8.30. The largest absolute Gasteiger partial charge is 0.493 e. The van der Waals surface area contributed by atoms with Gasteiger partial charge < -0.3 is 18.9 Å². The fourth-order valence-electron chi connectivity index (χ4n) is 5.51. The molecule has 6 nitrogen and oxygen atoms in total. The van der Waals surface area contributed by atoms with Gasteiger partial charge in [0.05, 0.1) is 30.8 Å². The molecule has 1 aliphatic rings. The van der Waals surface area contributed by atoms with E-state index < -0.39 is 0 Å². The van der Waals surface area contributed by atoms with Gasteiger partial charge in [-0.15, -0.1) is 6.58 Å². The zero-order chi connectivity index (χ0) is 27.2. The number of nitrogens with zero attached hydrogens (tertiary/aromatic N) is 3. The molecule has 5 rings (SSSR count). The SMILES string of the molecule is C=CCc1ccc(OCCCCn2c(C3CC(=O)N(C(C)c4ccccc4)C3)nc3ccccc32)c(OC)c1. The van der Waals surface area contributed by atoms with E-state index >= 15 is 0 Å². The molecule has 0 aliphatic carbocycles. The van der Waals surface area contributed by atoms with Gasteiger partial charge in [0.15, 0.2) is 11.5 Å². The molecule has 1 fully saturated rings. The van der Waals surface area contributed by atoms with Crippen LogP contribution >= 0.6 is 0 Å². The quantitative estimate of drug-likeness (QED) is 0.153. The molecule has 0 N–H and O–H groups in total. The number of methoxy groups -OCH3 is 1. The van der Waals surface area contributed by atoms with Crippen LogP contribution in [0.5, 0.6) is 11.5 Å². The lowest BCUT2D eigenvalue weighted by Gasteiger charge is -2.25. The van der Waals surface area contributed by atoms with E-state index in [1.165, 1.54) is 0 Å². The lowest BCUT2D eigenvalue weighted by molar-refractivity contribution is -0.129. The van der Waals surface area contributed by atoms with Gasteiger partial charge in [0, 0.05) is 25.4 Å². The molecule has 2 unspecified atom stereocenters. The van der Waals surface area contributed by atoms with E-state index in [2.05, 4.69) is 48.4 Å². The molecule has 0 saturated carbocycles. The maximum atomic E-state index is 13.1. The van der Waals surface area contributed by atoms with Gasteiger partial charge in [0.2, 0.25) is 5.91 Å². The lowest BCUT2D eigenvalue weighted by atomic mass is 10.1. The van der Waals surface area contributed by atoms with E-state index in [-0.39, 0.29) is 17.9 Å². The van der Waals surface area contributed by atoms with Crippen molar-refractivity contribution in [3.05, 3.63) is 102 Å². The van der Waals surface area contributed by atoms with Crippen LogP contribution in [-0.2, 0) is 17.8 Å². The van der Waals surface area contributed by atoms with Crippen LogP contribution in [0.3, 0.4) is 0 Å². The summed E-state index contributed by atoms with van der Waals surface area (Å²) < 4.78 is 13.9. The predicted octanol–water partition coefficient (Wildman–Crippen LogP) is 6.71. The molecule has 39 heavy (non-hydrogen) atoms. The summed E-state index contributed by atoms with van der Waals surface area (Å²) in [7, 11) is 1.67. The number of hydrogen-bond acceptors (Lipinski definition) is 4. The molecule has 0 spiro atoms. The number of carbonyl (C=O) groups excluding carboxylic acids is 1. The molecule has 1 saturated heterocycles. The van der Waals surface area contributed by atoms with Crippen molar-refractivity contribution in [2.45, 2.75) is 51.1 Å². The highest BCUT2D eigenvalue weighted by atomic mass is 16.5. The third-order valence-corrected chi connectivity index (χ3v) is 7.60. The maximum absolute atomic E-state index is 13.1. The van der Waals surface area contributed by atoms with E-state index in [0.29, 0.717) is 19.6 Å². The van der Waals surface area contributed by atoms with Crippen LogP contribution in [0.25, 0.3) is 11.0 Å². The highest BCUT2D eigenvalue weighted by molar-refractivity contribution is 5.81. The number of aryl methyl sites for hydroxylation is 1. The number of para-hydroxylation sites is 2. The zero-order valence-corrected chi connectivity index (χ0v) is 22.9. The normalized spacial score (nSPS) is 16.0. The Morgan fingerprint density at radius 2 is 1.85 bits per heavy atom. The number of ether oxygens (including phenoxy) is 2. The van der Waals surface area contributed by atoms with E-state index in [0.717, 1.165) is 65.3 Å². The summed E-state index contributed by atoms with van der Waals surface area (Å²) in [6.07, 6.45) is 5.00. The van der Waals surface area contributed by atoms with Crippen LogP contribution in [-0.4, -0.2) is 40.6 Å². The number of aromatic nitrogens is 2. The molecule has 1 aliphatic heterocycles. The molecule has 2 heterocycles. The van der Waals surface area contributed by atoms with Gasteiger partial charge in [0.1, 0.15) is 5.82 Å². The molecule has 1 aromatic heterocycles. The first-order chi connectivity index (χ1) is 19.1. The number of carbonyl (C=O) groups is 1. The monoisotopic (exact) mass is 523 g/mol. The number of likely N-dealkylation sites (tertiary alicyclic amines) is 1. The second-order valence-electron chi connectivity index (χ2n) is 10.2. The molecule has 0 bridgehead atoms. The molecular formula is C33H37N3O3. The number of fused-ring (bicyclic) bond motifs is 1. The van der Waals surface area contributed by atoms with E-state index in [9.17, 15) is 4.79 Å². The van der Waals surface area contributed by atoms with Crippen molar-refractivity contribution in [3.63, 3.8) is 0 Å². The van der Waals surface area contributed by atoms with Crippen molar-refractivity contribution in [3.8, 4) is 11.5 Å². The van der Waals surface area contributed by atoms with Gasteiger partial charge in [-0.05, 0) is 61.6 Å². The van der Waals surface area contributed by atoms with Crippen molar-refractivity contribution in [2.75, 3.05) is 20.3 Å². The van der Waals surface area contributed by atoms with Gasteiger partial charge in [-0.2, -0.15) is 0 Å². The minimum absolute atomic E-state index is 0.0431. The Morgan fingerprint density at radius 3 is 2.64 bits per heavy atom. The highest BCUT2D eigenvalue weighted by Gasteiger charge is 2.36. The second kappa shape index (κ2) is 12.2. The minimum Gasteiger partial charge on any atom is -0.493 e. The summed E-state index contributed by atoms with van der Waals surface area (Å²) in [5, 5.41) is 0. The van der Waals surface area contributed by atoms with Crippen LogP contribution in [0, 0.1) is 0 Å². The first kappa shape index (κ1) is 26.5. The lowest BCUT2D eigenvalue weighted by Crippen LogP contribution is -2.28. The molecule has 202 valence electrons. The van der Waals surface area contributed by atoms with E-state index in [4.69, 9.17) is 14.5 Å². The predicted molar refractivity (Wildman–Crippen MR) is 155 cm³/mol. The first-order valence-electron chi connectivity index (χ1n) is 13.8. The maximum Gasteiger partial charge on any atom is 0.223 e. The minimum atomic E-state index is 0.0431. The zero-order valence-electron chi connectivity index (χ0n) is 22.9. The Hall–Kier alpha value is -4.06. The summed E-state index contributed by atoms with van der Waals surface area (Å²) in [6.45, 7) is 8.03. The van der Waals surface area contributed by atoms with E-state index in [1.54, 1.807) is 7.11 Å². The van der Waals surface area contributed by atoms with Gasteiger partial charge in [-0.25, -0.2) is 4.98 Å². The molecule has 4 aromatic rings. The first-order valence-corrected chi connectivity index (χ1v) is 13.8. The summed E-state index contributed by atoms with van der Waals surface area (Å²) in [6, 6.07) is 24.6. The molecule has 2 atom stereocenters. The van der Waals surface area contributed by atoms with Crippen molar-refractivity contribution >= 4 is 16.9 Å². The number of unbranched alkanes of at least 4 members (excludes halogenated alkanes) is 1. The van der Waals surface area contributed by atoms with Crippen molar-refractivity contribution in [1.82, 2.24) is 14.5 Å². The number of amides is 1. The molecule has 3 aromatic carbocycles. The van der Waals surface area contributed by atoms with Gasteiger partial charge in [0.25, 0.3) is 0 Å². The summed E-state index contributed by atoms with van der Waals surface area (Å²) in [5.74, 6) is 2.78. The molecule has 6 heteroatoms. The molecule has 1 amide bonds. The summed E-state index contributed by atoms with van der Waals surface area (Å²) >= 11 is 0. The number of rotatable bonds is 12. The Morgan fingerprint density at radius 1 is 1.05 bits per heavy atom. The van der Waals surface area contributed by atoms with Crippen LogP contribution in [0.15, 0.2) is 85.5 Å². The Bertz CT molecular complexity index is 1430. The Labute approximate surface area is 230 Å². The van der Waals surface area contributed by atoms with Crippen molar-refractivity contribution in [1.29, 1.82) is 0 Å². The van der Waals surface area contributed by atoms with Crippen LogP contribution in [0.4, 0.5) is 0 Å². The highest BCUT2D eigenvalue weighted by Crippen LogP contribution is 2.35. The number of allylic oxidation sites excluding steroid dienone is 1. The number of benzene rings is 3. The second-order valence-corrected chi connectivity index (χ2v) is 10.2. The average Bonchev–Trinajstić information content (AvgIpc) is 3.54. The smallest absolute Gasteiger partial charge is 0.223 e. The van der Waals surface area contributed by atoms with Crippen LogP contribution in [0.2, 0.25) is 0 Å². The number of hydrogen-bond donors (Lipinski definition) is 0. The van der Waals surface area contributed by atoms with Gasteiger partial charge in [-0.3, -0.25) is 4.79 Å².